The quantitative estimate of drug-likeness (QED) is 0.592. The first-order chi connectivity index (χ1) is 6.34. The van der Waals surface area contributed by atoms with Crippen LogP contribution in [0.2, 0.25) is 0 Å². The highest BCUT2D eigenvalue weighted by atomic mass is 32.1. The average molecular weight is 197 g/mol. The Morgan fingerprint density at radius 1 is 1.69 bits per heavy atom. The highest BCUT2D eigenvalue weighted by molar-refractivity contribution is 7.80. The van der Waals surface area contributed by atoms with Gasteiger partial charge in [-0.2, -0.15) is 5.10 Å². The minimum atomic E-state index is 0.592. The van der Waals surface area contributed by atoms with E-state index in [-0.39, 0.29) is 0 Å². The summed E-state index contributed by atoms with van der Waals surface area (Å²) in [5.41, 5.74) is 0. The molecule has 0 saturated heterocycles. The van der Waals surface area contributed by atoms with E-state index in [4.69, 9.17) is 12.2 Å². The lowest BCUT2D eigenvalue weighted by molar-refractivity contribution is 0.791. The first-order valence-electron chi connectivity index (χ1n) is 4.23. The third-order valence-corrected chi connectivity index (χ3v) is 2.06. The van der Waals surface area contributed by atoms with Gasteiger partial charge in [0.25, 0.3) is 0 Å². The molecule has 0 amide bonds. The van der Waals surface area contributed by atoms with Crippen molar-refractivity contribution in [3.8, 4) is 0 Å². The maximum atomic E-state index is 5.06. The minimum absolute atomic E-state index is 0.592. The highest BCUT2D eigenvalue weighted by Gasteiger charge is 2.21. The number of rotatable bonds is 3. The molecule has 5 nitrogen and oxygen atoms in total. The number of nitrogens with one attached hydrogen (secondary N) is 3. The normalized spacial score (nSPS) is 15.4. The average Bonchev–Trinajstić information content (AvgIpc) is 2.78. The van der Waals surface area contributed by atoms with Gasteiger partial charge in [-0.3, -0.25) is 5.10 Å². The maximum absolute atomic E-state index is 5.06. The van der Waals surface area contributed by atoms with Crippen LogP contribution in [0.4, 0.5) is 0 Å². The van der Waals surface area contributed by atoms with Crippen LogP contribution in [-0.2, 0) is 6.54 Å². The van der Waals surface area contributed by atoms with Gasteiger partial charge < -0.3 is 10.6 Å². The number of hydrogen-bond donors (Lipinski definition) is 3. The zero-order valence-corrected chi connectivity index (χ0v) is 7.90. The lowest BCUT2D eigenvalue weighted by Gasteiger charge is -2.07. The molecule has 1 aliphatic rings. The van der Waals surface area contributed by atoms with Gasteiger partial charge in [-0.05, 0) is 25.1 Å². The van der Waals surface area contributed by atoms with Gasteiger partial charge in [0.15, 0.2) is 5.11 Å². The van der Waals surface area contributed by atoms with Crippen molar-refractivity contribution >= 4 is 17.3 Å². The molecule has 0 bridgehead atoms. The van der Waals surface area contributed by atoms with Crippen molar-refractivity contribution in [2.45, 2.75) is 25.4 Å². The highest BCUT2D eigenvalue weighted by Crippen LogP contribution is 2.18. The Bertz CT molecular complexity index is 279. The second-order valence-electron chi connectivity index (χ2n) is 3.03. The Hall–Kier alpha value is -1.17. The Kier molecular flexibility index (Phi) is 2.40. The topological polar surface area (TPSA) is 65.6 Å². The van der Waals surface area contributed by atoms with Crippen LogP contribution in [0, 0.1) is 0 Å². The summed E-state index contributed by atoms with van der Waals surface area (Å²) >= 11 is 5.06. The van der Waals surface area contributed by atoms with Gasteiger partial charge >= 0.3 is 0 Å². The molecule has 0 radical (unpaired) electrons. The van der Waals surface area contributed by atoms with Gasteiger partial charge in [0.1, 0.15) is 12.2 Å². The zero-order chi connectivity index (χ0) is 9.10. The Labute approximate surface area is 81.3 Å². The van der Waals surface area contributed by atoms with Crippen LogP contribution in [0.1, 0.15) is 18.7 Å². The molecule has 1 saturated carbocycles. The van der Waals surface area contributed by atoms with Crippen LogP contribution in [0.25, 0.3) is 0 Å². The van der Waals surface area contributed by atoms with E-state index in [1.54, 1.807) is 0 Å². The van der Waals surface area contributed by atoms with Crippen molar-refractivity contribution in [2.75, 3.05) is 0 Å². The number of nitrogens with zero attached hydrogens (tertiary/aromatic N) is 2. The number of hydrogen-bond acceptors (Lipinski definition) is 3. The monoisotopic (exact) mass is 197 g/mol. The molecule has 1 fully saturated rings. The molecule has 0 atom stereocenters. The molecule has 13 heavy (non-hydrogen) atoms. The van der Waals surface area contributed by atoms with Gasteiger partial charge in [0.2, 0.25) is 0 Å². The summed E-state index contributed by atoms with van der Waals surface area (Å²) in [4.78, 5) is 3.97. The van der Waals surface area contributed by atoms with E-state index in [2.05, 4.69) is 25.8 Å². The van der Waals surface area contributed by atoms with E-state index in [0.29, 0.717) is 17.7 Å². The van der Waals surface area contributed by atoms with Crippen LogP contribution < -0.4 is 10.6 Å². The van der Waals surface area contributed by atoms with Gasteiger partial charge in [-0.25, -0.2) is 4.98 Å². The largest absolute Gasteiger partial charge is 0.360 e. The molecule has 1 heterocycles. The van der Waals surface area contributed by atoms with Crippen LogP contribution >= 0.6 is 12.2 Å². The number of aromatic nitrogens is 3. The molecule has 1 aromatic heterocycles. The standard InChI is InChI=1S/C7H11N5S/c13-7(11-5-1-2-5)8-3-6-9-4-10-12-6/h4-5H,1-3H2,(H2,8,11,13)(H,9,10,12). The van der Waals surface area contributed by atoms with Gasteiger partial charge in [0, 0.05) is 6.04 Å². The van der Waals surface area contributed by atoms with E-state index < -0.39 is 0 Å². The van der Waals surface area contributed by atoms with E-state index in [0.717, 1.165) is 5.82 Å². The fraction of sp³-hybridized carbons (Fsp3) is 0.571. The summed E-state index contributed by atoms with van der Waals surface area (Å²) in [7, 11) is 0. The molecule has 1 aromatic rings. The summed E-state index contributed by atoms with van der Waals surface area (Å²) in [5.74, 6) is 0.792. The van der Waals surface area contributed by atoms with Crippen LogP contribution in [-0.4, -0.2) is 26.3 Å². The van der Waals surface area contributed by atoms with Crippen molar-refractivity contribution < 1.29 is 0 Å². The molecule has 0 aromatic carbocycles. The molecular formula is C7H11N5S. The smallest absolute Gasteiger partial charge is 0.166 e. The van der Waals surface area contributed by atoms with Crippen LogP contribution in [0.3, 0.4) is 0 Å². The lowest BCUT2D eigenvalue weighted by atomic mass is 10.6. The van der Waals surface area contributed by atoms with E-state index in [1.165, 1.54) is 19.2 Å². The Balaban J connectivity index is 1.69. The van der Waals surface area contributed by atoms with E-state index in [1.807, 2.05) is 0 Å². The summed E-state index contributed by atoms with van der Waals surface area (Å²) in [5, 5.41) is 13.4. The van der Waals surface area contributed by atoms with E-state index >= 15 is 0 Å². The van der Waals surface area contributed by atoms with Crippen LogP contribution in [0.5, 0.6) is 0 Å². The van der Waals surface area contributed by atoms with Gasteiger partial charge in [-0.15, -0.1) is 0 Å². The fourth-order valence-corrected chi connectivity index (χ4v) is 1.18. The molecule has 2 rings (SSSR count). The molecule has 6 heteroatoms. The Morgan fingerprint density at radius 2 is 2.54 bits per heavy atom. The zero-order valence-electron chi connectivity index (χ0n) is 7.08. The van der Waals surface area contributed by atoms with Crippen molar-refractivity contribution in [1.29, 1.82) is 0 Å². The number of H-pyrrole nitrogens is 1. The molecular weight excluding hydrogens is 186 g/mol. The summed E-state index contributed by atoms with van der Waals surface area (Å²) in [6, 6.07) is 0.592. The molecule has 0 unspecified atom stereocenters. The molecule has 70 valence electrons. The van der Waals surface area contributed by atoms with Crippen LogP contribution in [0.15, 0.2) is 6.33 Å². The second kappa shape index (κ2) is 3.69. The number of thiocarbonyl (C=S) groups is 1. The van der Waals surface area contributed by atoms with Crippen molar-refractivity contribution in [3.63, 3.8) is 0 Å². The summed E-state index contributed by atoms with van der Waals surface area (Å²) < 4.78 is 0. The minimum Gasteiger partial charge on any atom is -0.360 e. The third-order valence-electron chi connectivity index (χ3n) is 1.79. The lowest BCUT2D eigenvalue weighted by Crippen LogP contribution is -2.36. The predicted molar refractivity (Wildman–Crippen MR) is 52.0 cm³/mol. The summed E-state index contributed by atoms with van der Waals surface area (Å²) in [6.07, 6.45) is 3.93. The first-order valence-corrected chi connectivity index (χ1v) is 4.64. The third kappa shape index (κ3) is 2.66. The molecule has 0 spiro atoms. The fourth-order valence-electron chi connectivity index (χ4n) is 0.944. The first kappa shape index (κ1) is 8.43. The second-order valence-corrected chi connectivity index (χ2v) is 3.44. The van der Waals surface area contributed by atoms with Crippen molar-refractivity contribution in [3.05, 3.63) is 12.2 Å². The molecule has 0 aliphatic heterocycles. The Morgan fingerprint density at radius 3 is 3.15 bits per heavy atom. The number of aromatic amines is 1. The predicted octanol–water partition coefficient (Wildman–Crippen LogP) is -0.0688. The van der Waals surface area contributed by atoms with E-state index in [9.17, 15) is 0 Å². The molecule has 1 aliphatic carbocycles. The van der Waals surface area contributed by atoms with Crippen molar-refractivity contribution in [1.82, 2.24) is 25.8 Å². The maximum Gasteiger partial charge on any atom is 0.166 e. The SMILES string of the molecule is S=C(NCc1ncn[nH]1)NC1CC1. The molecule has 3 N–H and O–H groups in total. The summed E-state index contributed by atoms with van der Waals surface area (Å²) in [6.45, 7) is 0.596. The van der Waals surface area contributed by atoms with Gasteiger partial charge in [-0.1, -0.05) is 0 Å². The van der Waals surface area contributed by atoms with Crippen molar-refractivity contribution in [2.24, 2.45) is 0 Å². The van der Waals surface area contributed by atoms with Gasteiger partial charge in [0.05, 0.1) is 6.54 Å².